The Balaban J connectivity index is 1.38. The van der Waals surface area contributed by atoms with Gasteiger partial charge in [-0.3, -0.25) is 14.3 Å². The number of hydrogen-bond acceptors (Lipinski definition) is 9. The molecular formula is C40H47N4O8PS. The standard InChI is InChI=1S/C40H47N4O8PS/c1-9-50-36-22-26(15-18-37(36)53(7,46)51-10-2)21-28-25-29(19-20-41-28)52-35-17-16-32(30-13-11-12-14-31(30)35)42-39(45)43-33-23-27(40(3,4)5)24-34(38(33)49-6)44-54(8,47)48/h11-20,22-25,44H,9-10,21H2,1-8H3,(H2,42,43,45). The van der Waals surface area contributed by atoms with Gasteiger partial charge in [0.2, 0.25) is 17.4 Å². The Morgan fingerprint density at radius 2 is 1.56 bits per heavy atom. The van der Waals surface area contributed by atoms with Crippen LogP contribution >= 0.6 is 7.37 Å². The van der Waals surface area contributed by atoms with Crippen LogP contribution in [0.25, 0.3) is 10.8 Å². The second-order valence-electron chi connectivity index (χ2n) is 13.7. The maximum atomic E-state index is 13.5. The number of hydrogen-bond donors (Lipinski definition) is 3. The third-order valence-corrected chi connectivity index (χ3v) is 11.0. The Morgan fingerprint density at radius 3 is 2.22 bits per heavy atom. The molecule has 0 bridgehead atoms. The van der Waals surface area contributed by atoms with Crippen LogP contribution in [0, 0.1) is 0 Å². The summed E-state index contributed by atoms with van der Waals surface area (Å²) in [7, 11) is -5.27. The van der Waals surface area contributed by atoms with Gasteiger partial charge in [-0.15, -0.1) is 0 Å². The minimum Gasteiger partial charge on any atom is -0.493 e. The molecule has 4 aromatic carbocycles. The van der Waals surface area contributed by atoms with Crippen LogP contribution < -0.4 is 34.9 Å². The van der Waals surface area contributed by atoms with Gasteiger partial charge in [0, 0.05) is 41.8 Å². The van der Waals surface area contributed by atoms with Gasteiger partial charge in [-0.2, -0.15) is 0 Å². The molecule has 0 saturated heterocycles. The molecule has 5 rings (SSSR count). The van der Waals surface area contributed by atoms with Gasteiger partial charge in [-0.1, -0.05) is 51.1 Å². The van der Waals surface area contributed by atoms with E-state index in [1.165, 1.54) is 7.11 Å². The number of anilines is 3. The molecule has 0 fully saturated rings. The smallest absolute Gasteiger partial charge is 0.323 e. The lowest BCUT2D eigenvalue weighted by Crippen LogP contribution is -2.22. The van der Waals surface area contributed by atoms with E-state index in [1.54, 1.807) is 49.3 Å². The number of pyridine rings is 1. The molecule has 5 aromatic rings. The van der Waals surface area contributed by atoms with E-state index in [1.807, 2.05) is 77.1 Å². The SMILES string of the molecule is CCOc1cc(Cc2cc(Oc3ccc(NC(=O)Nc4cc(C(C)(C)C)cc(NS(C)(=O)=O)c4OC)c4ccccc34)ccn2)ccc1P(C)(=O)OCC. The van der Waals surface area contributed by atoms with Gasteiger partial charge < -0.3 is 29.4 Å². The lowest BCUT2D eigenvalue weighted by molar-refractivity contribution is 0.262. The van der Waals surface area contributed by atoms with Gasteiger partial charge >= 0.3 is 6.03 Å². The van der Waals surface area contributed by atoms with Crippen molar-refractivity contribution in [1.82, 2.24) is 4.98 Å². The lowest BCUT2D eigenvalue weighted by Gasteiger charge is -2.24. The molecule has 0 saturated carbocycles. The summed E-state index contributed by atoms with van der Waals surface area (Å²) in [6.07, 6.45) is 3.21. The third kappa shape index (κ3) is 9.90. The fourth-order valence-corrected chi connectivity index (χ4v) is 8.00. The fraction of sp³-hybridized carbons (Fsp3) is 0.300. The summed E-state index contributed by atoms with van der Waals surface area (Å²) in [5.41, 5.74) is 3.15. The molecule has 1 aromatic heterocycles. The maximum Gasteiger partial charge on any atom is 0.323 e. The summed E-state index contributed by atoms with van der Waals surface area (Å²) in [5.74, 6) is 1.85. The van der Waals surface area contributed by atoms with Gasteiger partial charge in [0.15, 0.2) is 5.75 Å². The number of nitrogens with one attached hydrogen (secondary N) is 3. The lowest BCUT2D eigenvalue weighted by atomic mass is 9.86. The summed E-state index contributed by atoms with van der Waals surface area (Å²) < 4.78 is 63.3. The number of methoxy groups -OCH3 is 1. The van der Waals surface area contributed by atoms with Crippen molar-refractivity contribution in [2.24, 2.45) is 0 Å². The highest BCUT2D eigenvalue weighted by molar-refractivity contribution is 7.92. The molecule has 54 heavy (non-hydrogen) atoms. The molecule has 286 valence electrons. The number of fused-ring (bicyclic) bond motifs is 1. The number of urea groups is 1. The number of nitrogens with zero attached hydrogens (tertiary/aromatic N) is 1. The zero-order valence-electron chi connectivity index (χ0n) is 31.8. The summed E-state index contributed by atoms with van der Waals surface area (Å²) in [5, 5.41) is 7.81. The first-order valence-corrected chi connectivity index (χ1v) is 21.4. The van der Waals surface area contributed by atoms with Crippen molar-refractivity contribution in [3.63, 3.8) is 0 Å². The van der Waals surface area contributed by atoms with E-state index >= 15 is 0 Å². The van der Waals surface area contributed by atoms with Crippen molar-refractivity contribution in [2.45, 2.75) is 46.5 Å². The van der Waals surface area contributed by atoms with E-state index in [2.05, 4.69) is 20.3 Å². The Morgan fingerprint density at radius 1 is 0.852 bits per heavy atom. The molecule has 2 amide bonds. The molecule has 1 unspecified atom stereocenters. The van der Waals surface area contributed by atoms with Crippen LogP contribution in [0.5, 0.6) is 23.0 Å². The number of carbonyl (C=O) groups excluding carboxylic acids is 1. The van der Waals surface area contributed by atoms with Gasteiger partial charge in [-0.05, 0) is 72.9 Å². The Hall–Kier alpha value is -5.10. The van der Waals surface area contributed by atoms with Crippen molar-refractivity contribution in [1.29, 1.82) is 0 Å². The molecule has 0 aliphatic heterocycles. The van der Waals surface area contributed by atoms with E-state index in [4.69, 9.17) is 18.7 Å². The van der Waals surface area contributed by atoms with Gasteiger partial charge in [0.1, 0.15) is 17.2 Å². The Bertz CT molecular complexity index is 2330. The quantitative estimate of drug-likeness (QED) is 0.0939. The van der Waals surface area contributed by atoms with Crippen LogP contribution in [-0.4, -0.2) is 52.7 Å². The van der Waals surface area contributed by atoms with E-state index in [-0.39, 0.29) is 16.9 Å². The van der Waals surface area contributed by atoms with Crippen LogP contribution in [0.15, 0.2) is 85.1 Å². The number of rotatable bonds is 14. The Kier molecular flexibility index (Phi) is 12.3. The second-order valence-corrected chi connectivity index (χ2v) is 17.9. The largest absolute Gasteiger partial charge is 0.493 e. The van der Waals surface area contributed by atoms with Crippen molar-refractivity contribution >= 4 is 56.6 Å². The monoisotopic (exact) mass is 774 g/mol. The first-order valence-electron chi connectivity index (χ1n) is 17.4. The number of benzene rings is 4. The molecule has 3 N–H and O–H groups in total. The normalized spacial score (nSPS) is 12.8. The number of aromatic nitrogens is 1. The highest BCUT2D eigenvalue weighted by Crippen LogP contribution is 2.44. The minimum atomic E-state index is -3.64. The molecule has 1 atom stereocenters. The topological polar surface area (TPSA) is 154 Å². The Labute approximate surface area is 317 Å². The first-order chi connectivity index (χ1) is 25.5. The zero-order chi connectivity index (χ0) is 39.3. The second kappa shape index (κ2) is 16.5. The van der Waals surface area contributed by atoms with Crippen LogP contribution in [0.1, 0.15) is 51.4 Å². The highest BCUT2D eigenvalue weighted by Gasteiger charge is 2.25. The van der Waals surface area contributed by atoms with Crippen LogP contribution in [-0.2, 0) is 30.9 Å². The maximum absolute atomic E-state index is 13.5. The predicted molar refractivity (Wildman–Crippen MR) is 216 cm³/mol. The van der Waals surface area contributed by atoms with Gasteiger partial charge in [0.25, 0.3) is 0 Å². The summed E-state index contributed by atoms with van der Waals surface area (Å²) in [6, 6.07) is 23.2. The van der Waals surface area contributed by atoms with Gasteiger partial charge in [-0.25, -0.2) is 13.2 Å². The minimum absolute atomic E-state index is 0.175. The molecule has 0 aliphatic rings. The molecular weight excluding hydrogens is 728 g/mol. The number of ether oxygens (including phenoxy) is 3. The third-order valence-electron chi connectivity index (χ3n) is 8.37. The molecule has 0 spiro atoms. The first kappa shape index (κ1) is 40.1. The van der Waals surface area contributed by atoms with Crippen LogP contribution in [0.4, 0.5) is 21.9 Å². The fourth-order valence-electron chi connectivity index (χ4n) is 5.94. The summed E-state index contributed by atoms with van der Waals surface area (Å²) >= 11 is 0. The zero-order valence-corrected chi connectivity index (χ0v) is 33.5. The van der Waals surface area contributed by atoms with E-state index in [0.717, 1.165) is 33.8 Å². The van der Waals surface area contributed by atoms with Crippen molar-refractivity contribution in [3.05, 3.63) is 102 Å². The van der Waals surface area contributed by atoms with Crippen LogP contribution in [0.3, 0.4) is 0 Å². The van der Waals surface area contributed by atoms with Crippen LogP contribution in [0.2, 0.25) is 0 Å². The highest BCUT2D eigenvalue weighted by atomic mass is 32.2. The molecule has 12 nitrogen and oxygen atoms in total. The average molecular weight is 775 g/mol. The van der Waals surface area contributed by atoms with Crippen molar-refractivity contribution in [2.75, 3.05) is 48.6 Å². The molecule has 0 aliphatic carbocycles. The average Bonchev–Trinajstić information content (AvgIpc) is 3.08. The van der Waals surface area contributed by atoms with E-state index in [9.17, 15) is 17.8 Å². The molecule has 1 heterocycles. The van der Waals surface area contributed by atoms with E-state index < -0.39 is 23.4 Å². The molecule has 14 heteroatoms. The van der Waals surface area contributed by atoms with Gasteiger partial charge in [0.05, 0.1) is 48.9 Å². The van der Waals surface area contributed by atoms with E-state index in [0.29, 0.717) is 53.6 Å². The number of carbonyl (C=O) groups is 1. The summed E-state index contributed by atoms with van der Waals surface area (Å²) in [6.45, 7) is 12.0. The number of amides is 2. The summed E-state index contributed by atoms with van der Waals surface area (Å²) in [4.78, 5) is 18.0. The molecule has 0 radical (unpaired) electrons. The van der Waals surface area contributed by atoms with Crippen molar-refractivity contribution < 1.29 is 36.5 Å². The van der Waals surface area contributed by atoms with Crippen molar-refractivity contribution in [3.8, 4) is 23.0 Å². The predicted octanol–water partition coefficient (Wildman–Crippen LogP) is 8.91. The number of sulfonamides is 1.